The maximum Gasteiger partial charge on any atom is 0.251 e. The molecule has 1 rings (SSSR count). The van der Waals surface area contributed by atoms with E-state index in [9.17, 15) is 9.59 Å². The molecule has 0 aromatic heterocycles. The minimum Gasteiger partial charge on any atom is -0.395 e. The Bertz CT molecular complexity index is 442. The first kappa shape index (κ1) is 16.7. The Morgan fingerprint density at radius 1 is 1.25 bits per heavy atom. The fourth-order valence-corrected chi connectivity index (χ4v) is 1.99. The van der Waals surface area contributed by atoms with Gasteiger partial charge in [-0.05, 0) is 30.7 Å². The minimum absolute atomic E-state index is 0.0606. The highest BCUT2D eigenvalue weighted by Crippen LogP contribution is 2.10. The van der Waals surface area contributed by atoms with Crippen LogP contribution in [0, 0.1) is 0 Å². The number of benzene rings is 1. The van der Waals surface area contributed by atoms with Gasteiger partial charge in [0.1, 0.15) is 0 Å². The molecule has 0 heterocycles. The molecule has 0 spiro atoms. The van der Waals surface area contributed by atoms with E-state index in [4.69, 9.17) is 5.11 Å². The molecule has 0 aliphatic rings. The summed E-state index contributed by atoms with van der Waals surface area (Å²) < 4.78 is 0.891. The van der Waals surface area contributed by atoms with Crippen molar-refractivity contribution in [1.29, 1.82) is 0 Å². The number of amides is 2. The van der Waals surface area contributed by atoms with Gasteiger partial charge in [-0.2, -0.15) is 0 Å². The molecule has 0 saturated heterocycles. The van der Waals surface area contributed by atoms with Gasteiger partial charge in [-0.1, -0.05) is 22.9 Å². The van der Waals surface area contributed by atoms with Crippen molar-refractivity contribution in [2.75, 3.05) is 26.2 Å². The minimum atomic E-state index is -0.286. The molecular formula is C14H19BrN2O3. The Labute approximate surface area is 127 Å². The van der Waals surface area contributed by atoms with E-state index in [0.717, 1.165) is 10.9 Å². The Kier molecular flexibility index (Phi) is 7.25. The second kappa shape index (κ2) is 8.71. The van der Waals surface area contributed by atoms with Crippen molar-refractivity contribution >= 4 is 27.7 Å². The standard InChI is InChI=1S/C14H19BrN2O3/c1-2-7-17(8-9-18)13(19)10-16-14(20)11-3-5-12(15)6-4-11/h3-6,18H,2,7-10H2,1H3,(H,16,20). The number of aliphatic hydroxyl groups excluding tert-OH is 1. The normalized spacial score (nSPS) is 10.2. The van der Waals surface area contributed by atoms with E-state index in [-0.39, 0.29) is 25.0 Å². The van der Waals surface area contributed by atoms with Crippen LogP contribution in [0.2, 0.25) is 0 Å². The van der Waals surface area contributed by atoms with Crippen molar-refractivity contribution in [3.63, 3.8) is 0 Å². The molecule has 0 atom stereocenters. The molecule has 110 valence electrons. The van der Waals surface area contributed by atoms with E-state index in [2.05, 4.69) is 21.2 Å². The topological polar surface area (TPSA) is 69.6 Å². The molecule has 6 heteroatoms. The molecular weight excluding hydrogens is 324 g/mol. The average Bonchev–Trinajstić information content (AvgIpc) is 2.45. The van der Waals surface area contributed by atoms with E-state index in [1.807, 2.05) is 6.92 Å². The largest absolute Gasteiger partial charge is 0.395 e. The summed E-state index contributed by atoms with van der Waals surface area (Å²) in [5, 5.41) is 11.5. The summed E-state index contributed by atoms with van der Waals surface area (Å²) in [6.07, 6.45) is 0.812. The molecule has 0 bridgehead atoms. The molecule has 0 aliphatic carbocycles. The first-order valence-electron chi connectivity index (χ1n) is 6.51. The van der Waals surface area contributed by atoms with Crippen LogP contribution in [0.3, 0.4) is 0 Å². The fraction of sp³-hybridized carbons (Fsp3) is 0.429. The summed E-state index contributed by atoms with van der Waals surface area (Å²) in [6.45, 7) is 2.69. The van der Waals surface area contributed by atoms with Crippen molar-refractivity contribution in [2.24, 2.45) is 0 Å². The molecule has 2 amide bonds. The van der Waals surface area contributed by atoms with E-state index in [1.165, 1.54) is 0 Å². The number of rotatable bonds is 7. The fourth-order valence-electron chi connectivity index (χ4n) is 1.72. The number of nitrogens with zero attached hydrogens (tertiary/aromatic N) is 1. The maximum atomic E-state index is 11.9. The van der Waals surface area contributed by atoms with E-state index in [0.29, 0.717) is 18.7 Å². The Balaban J connectivity index is 2.50. The number of hydrogen-bond acceptors (Lipinski definition) is 3. The third-order valence-corrected chi connectivity index (χ3v) is 3.25. The number of nitrogens with one attached hydrogen (secondary N) is 1. The van der Waals surface area contributed by atoms with Crippen LogP contribution in [0.4, 0.5) is 0 Å². The van der Waals surface area contributed by atoms with Crippen LogP contribution in [0.25, 0.3) is 0 Å². The van der Waals surface area contributed by atoms with Gasteiger partial charge >= 0.3 is 0 Å². The maximum absolute atomic E-state index is 11.9. The lowest BCUT2D eigenvalue weighted by atomic mass is 10.2. The van der Waals surface area contributed by atoms with Crippen LogP contribution >= 0.6 is 15.9 Å². The SMILES string of the molecule is CCCN(CCO)C(=O)CNC(=O)c1ccc(Br)cc1. The van der Waals surface area contributed by atoms with Gasteiger partial charge in [0.15, 0.2) is 0 Å². The molecule has 0 radical (unpaired) electrons. The third-order valence-electron chi connectivity index (χ3n) is 2.72. The van der Waals surface area contributed by atoms with Gasteiger partial charge < -0.3 is 15.3 Å². The second-order valence-electron chi connectivity index (χ2n) is 4.29. The van der Waals surface area contributed by atoms with Crippen LogP contribution in [-0.4, -0.2) is 48.1 Å². The van der Waals surface area contributed by atoms with Gasteiger partial charge in [-0.25, -0.2) is 0 Å². The molecule has 2 N–H and O–H groups in total. The number of carbonyl (C=O) groups is 2. The number of aliphatic hydroxyl groups is 1. The van der Waals surface area contributed by atoms with Gasteiger partial charge in [-0.15, -0.1) is 0 Å². The monoisotopic (exact) mass is 342 g/mol. The molecule has 5 nitrogen and oxygen atoms in total. The van der Waals surface area contributed by atoms with Gasteiger partial charge in [0, 0.05) is 23.1 Å². The summed E-state index contributed by atoms with van der Waals surface area (Å²) in [6, 6.07) is 6.90. The van der Waals surface area contributed by atoms with E-state index in [1.54, 1.807) is 29.2 Å². The lowest BCUT2D eigenvalue weighted by Gasteiger charge is -2.21. The summed E-state index contributed by atoms with van der Waals surface area (Å²) in [5.41, 5.74) is 0.505. The van der Waals surface area contributed by atoms with Crippen molar-refractivity contribution in [1.82, 2.24) is 10.2 Å². The molecule has 0 fully saturated rings. The molecule has 1 aromatic carbocycles. The van der Waals surface area contributed by atoms with Crippen molar-refractivity contribution in [2.45, 2.75) is 13.3 Å². The zero-order chi connectivity index (χ0) is 15.0. The first-order valence-corrected chi connectivity index (χ1v) is 7.30. The molecule has 0 aliphatic heterocycles. The number of carbonyl (C=O) groups excluding carboxylic acids is 2. The zero-order valence-corrected chi connectivity index (χ0v) is 13.0. The van der Waals surface area contributed by atoms with Crippen LogP contribution < -0.4 is 5.32 Å². The Morgan fingerprint density at radius 2 is 1.90 bits per heavy atom. The molecule has 20 heavy (non-hydrogen) atoms. The van der Waals surface area contributed by atoms with Crippen LogP contribution in [-0.2, 0) is 4.79 Å². The van der Waals surface area contributed by atoms with Crippen LogP contribution in [0.5, 0.6) is 0 Å². The average molecular weight is 343 g/mol. The van der Waals surface area contributed by atoms with Crippen LogP contribution in [0.15, 0.2) is 28.7 Å². The Morgan fingerprint density at radius 3 is 2.45 bits per heavy atom. The van der Waals surface area contributed by atoms with E-state index >= 15 is 0 Å². The summed E-state index contributed by atoms with van der Waals surface area (Å²) in [4.78, 5) is 25.3. The third kappa shape index (κ3) is 5.30. The molecule has 1 aromatic rings. The van der Waals surface area contributed by atoms with Gasteiger partial charge in [0.2, 0.25) is 5.91 Å². The molecule has 0 saturated carbocycles. The second-order valence-corrected chi connectivity index (χ2v) is 5.21. The van der Waals surface area contributed by atoms with Gasteiger partial charge in [0.05, 0.1) is 13.2 Å². The lowest BCUT2D eigenvalue weighted by Crippen LogP contribution is -2.41. The van der Waals surface area contributed by atoms with Crippen LogP contribution in [0.1, 0.15) is 23.7 Å². The number of hydrogen-bond donors (Lipinski definition) is 2. The predicted octanol–water partition coefficient (Wildman–Crippen LogP) is 1.41. The number of halogens is 1. The summed E-state index contributed by atoms with van der Waals surface area (Å²) in [7, 11) is 0. The predicted molar refractivity (Wildman–Crippen MR) is 80.4 cm³/mol. The summed E-state index contributed by atoms with van der Waals surface area (Å²) in [5.74, 6) is -0.474. The highest BCUT2D eigenvalue weighted by atomic mass is 79.9. The van der Waals surface area contributed by atoms with Crippen molar-refractivity contribution in [3.05, 3.63) is 34.3 Å². The lowest BCUT2D eigenvalue weighted by molar-refractivity contribution is -0.130. The quantitative estimate of drug-likeness (QED) is 0.787. The first-order chi connectivity index (χ1) is 9.58. The van der Waals surface area contributed by atoms with Gasteiger partial charge in [0.25, 0.3) is 5.91 Å². The van der Waals surface area contributed by atoms with Gasteiger partial charge in [-0.3, -0.25) is 9.59 Å². The smallest absolute Gasteiger partial charge is 0.251 e. The highest BCUT2D eigenvalue weighted by Gasteiger charge is 2.13. The Hall–Kier alpha value is -1.40. The van der Waals surface area contributed by atoms with Crippen molar-refractivity contribution < 1.29 is 14.7 Å². The summed E-state index contributed by atoms with van der Waals surface area (Å²) >= 11 is 3.29. The zero-order valence-electron chi connectivity index (χ0n) is 11.4. The molecule has 0 unspecified atom stereocenters. The highest BCUT2D eigenvalue weighted by molar-refractivity contribution is 9.10. The van der Waals surface area contributed by atoms with E-state index < -0.39 is 0 Å². The van der Waals surface area contributed by atoms with Crippen molar-refractivity contribution in [3.8, 4) is 0 Å².